The Kier molecular flexibility index (Phi) is 5.34. The van der Waals surface area contributed by atoms with E-state index in [1.807, 2.05) is 30.3 Å². The Morgan fingerprint density at radius 2 is 1.96 bits per heavy atom. The lowest BCUT2D eigenvalue weighted by Gasteiger charge is -2.24. The van der Waals surface area contributed by atoms with E-state index in [1.54, 1.807) is 19.1 Å². The van der Waals surface area contributed by atoms with Gasteiger partial charge in [0.05, 0.1) is 7.11 Å². The maximum Gasteiger partial charge on any atom is 0.244 e. The van der Waals surface area contributed by atoms with E-state index in [0.717, 1.165) is 11.1 Å². The Morgan fingerprint density at radius 3 is 2.57 bits per heavy atom. The van der Waals surface area contributed by atoms with E-state index in [2.05, 4.69) is 5.32 Å². The maximum atomic E-state index is 13.6. The van der Waals surface area contributed by atoms with Gasteiger partial charge in [0.1, 0.15) is 5.54 Å². The number of carbonyl (C=O) groups excluding carboxylic acids is 1. The first kappa shape index (κ1) is 17.0. The summed E-state index contributed by atoms with van der Waals surface area (Å²) in [4.78, 5) is 12.3. The molecule has 0 aromatic heterocycles. The monoisotopic (exact) mass is 316 g/mol. The Morgan fingerprint density at radius 1 is 1.26 bits per heavy atom. The van der Waals surface area contributed by atoms with Crippen molar-refractivity contribution in [1.82, 2.24) is 5.32 Å². The van der Waals surface area contributed by atoms with Crippen molar-refractivity contribution in [3.8, 4) is 5.75 Å². The summed E-state index contributed by atoms with van der Waals surface area (Å²) < 4.78 is 18.5. The third-order valence-corrected chi connectivity index (χ3v) is 3.76. The van der Waals surface area contributed by atoms with Crippen LogP contribution < -0.4 is 15.8 Å². The van der Waals surface area contributed by atoms with Crippen LogP contribution in [0.4, 0.5) is 4.39 Å². The molecule has 2 aromatic rings. The Balaban J connectivity index is 1.93. The summed E-state index contributed by atoms with van der Waals surface area (Å²) in [5, 5.41) is 2.80. The van der Waals surface area contributed by atoms with Crippen LogP contribution in [0.1, 0.15) is 18.1 Å². The second-order valence-corrected chi connectivity index (χ2v) is 5.54. The third-order valence-electron chi connectivity index (χ3n) is 3.76. The number of carbonyl (C=O) groups is 1. The molecule has 0 aliphatic rings. The number of amides is 1. The van der Waals surface area contributed by atoms with Crippen molar-refractivity contribution >= 4 is 5.91 Å². The molecule has 4 nitrogen and oxygen atoms in total. The number of ether oxygens (including phenoxy) is 1. The quantitative estimate of drug-likeness (QED) is 0.860. The highest BCUT2D eigenvalue weighted by molar-refractivity contribution is 5.86. The molecular weight excluding hydrogens is 295 g/mol. The Labute approximate surface area is 135 Å². The SMILES string of the molecule is COc1ccc(CCNC(=O)C(C)(N)c2ccccc2)cc1F. The molecule has 5 heteroatoms. The lowest BCUT2D eigenvalue weighted by molar-refractivity contribution is -0.126. The van der Waals surface area contributed by atoms with Gasteiger partial charge >= 0.3 is 0 Å². The van der Waals surface area contributed by atoms with Gasteiger partial charge in [-0.05, 0) is 36.6 Å². The van der Waals surface area contributed by atoms with Crippen LogP contribution in [0, 0.1) is 5.82 Å². The topological polar surface area (TPSA) is 64.3 Å². The summed E-state index contributed by atoms with van der Waals surface area (Å²) in [5.74, 6) is -0.474. The number of methoxy groups -OCH3 is 1. The zero-order valence-electron chi connectivity index (χ0n) is 13.3. The molecule has 0 fully saturated rings. The predicted octanol–water partition coefficient (Wildman–Crippen LogP) is 2.37. The first-order valence-electron chi connectivity index (χ1n) is 7.40. The molecule has 0 radical (unpaired) electrons. The first-order chi connectivity index (χ1) is 10.9. The Bertz CT molecular complexity index is 672. The van der Waals surface area contributed by atoms with Gasteiger partial charge in [-0.1, -0.05) is 36.4 Å². The van der Waals surface area contributed by atoms with E-state index in [9.17, 15) is 9.18 Å². The summed E-state index contributed by atoms with van der Waals surface area (Å²) in [6.45, 7) is 2.05. The van der Waals surface area contributed by atoms with Gasteiger partial charge in [-0.25, -0.2) is 4.39 Å². The third kappa shape index (κ3) is 4.07. The van der Waals surface area contributed by atoms with Gasteiger partial charge in [0.25, 0.3) is 0 Å². The van der Waals surface area contributed by atoms with Crippen molar-refractivity contribution < 1.29 is 13.9 Å². The van der Waals surface area contributed by atoms with Crippen molar-refractivity contribution in [2.75, 3.05) is 13.7 Å². The number of rotatable bonds is 6. The summed E-state index contributed by atoms with van der Waals surface area (Å²) in [7, 11) is 1.42. The molecule has 23 heavy (non-hydrogen) atoms. The van der Waals surface area contributed by atoms with Crippen LogP contribution in [0.5, 0.6) is 5.75 Å². The molecule has 1 atom stereocenters. The van der Waals surface area contributed by atoms with Gasteiger partial charge in [-0.3, -0.25) is 4.79 Å². The van der Waals surface area contributed by atoms with Crippen molar-refractivity contribution in [2.24, 2.45) is 5.73 Å². The molecule has 0 spiro atoms. The highest BCUT2D eigenvalue weighted by Gasteiger charge is 2.29. The van der Waals surface area contributed by atoms with Crippen LogP contribution >= 0.6 is 0 Å². The van der Waals surface area contributed by atoms with E-state index >= 15 is 0 Å². The van der Waals surface area contributed by atoms with Gasteiger partial charge in [0, 0.05) is 6.54 Å². The molecule has 1 amide bonds. The van der Waals surface area contributed by atoms with Gasteiger partial charge < -0.3 is 15.8 Å². The number of hydrogen-bond acceptors (Lipinski definition) is 3. The van der Waals surface area contributed by atoms with Crippen molar-refractivity contribution in [2.45, 2.75) is 18.9 Å². The zero-order chi connectivity index (χ0) is 16.9. The highest BCUT2D eigenvalue weighted by atomic mass is 19.1. The molecular formula is C18H21FN2O2. The summed E-state index contributed by atoms with van der Waals surface area (Å²) in [5.41, 5.74) is 6.55. The minimum Gasteiger partial charge on any atom is -0.494 e. The normalized spacial score (nSPS) is 13.2. The average molecular weight is 316 g/mol. The molecule has 3 N–H and O–H groups in total. The molecule has 1 unspecified atom stereocenters. The smallest absolute Gasteiger partial charge is 0.244 e. The number of benzene rings is 2. The molecule has 0 saturated carbocycles. The highest BCUT2D eigenvalue weighted by Crippen LogP contribution is 2.19. The van der Waals surface area contributed by atoms with Crippen LogP contribution in [0.2, 0.25) is 0 Å². The second kappa shape index (κ2) is 7.24. The lowest BCUT2D eigenvalue weighted by Crippen LogP contribution is -2.49. The van der Waals surface area contributed by atoms with Crippen LogP contribution in [-0.4, -0.2) is 19.6 Å². The minimum atomic E-state index is -1.10. The summed E-state index contributed by atoms with van der Waals surface area (Å²) >= 11 is 0. The largest absolute Gasteiger partial charge is 0.494 e. The zero-order valence-corrected chi connectivity index (χ0v) is 13.3. The number of nitrogens with two attached hydrogens (primary N) is 1. The molecule has 2 rings (SSSR count). The molecule has 0 aliphatic heterocycles. The fourth-order valence-electron chi connectivity index (χ4n) is 2.28. The fraction of sp³-hybridized carbons (Fsp3) is 0.278. The minimum absolute atomic E-state index is 0.205. The number of hydrogen-bond donors (Lipinski definition) is 2. The van der Waals surface area contributed by atoms with E-state index in [-0.39, 0.29) is 11.7 Å². The number of nitrogens with one attached hydrogen (secondary N) is 1. The fourth-order valence-corrected chi connectivity index (χ4v) is 2.28. The van der Waals surface area contributed by atoms with E-state index in [4.69, 9.17) is 10.5 Å². The lowest BCUT2D eigenvalue weighted by atomic mass is 9.92. The predicted molar refractivity (Wildman–Crippen MR) is 87.6 cm³/mol. The maximum absolute atomic E-state index is 13.6. The van der Waals surface area contributed by atoms with Crippen LogP contribution in [0.3, 0.4) is 0 Å². The summed E-state index contributed by atoms with van der Waals surface area (Å²) in [6.07, 6.45) is 0.511. The average Bonchev–Trinajstić information content (AvgIpc) is 2.55. The van der Waals surface area contributed by atoms with Crippen molar-refractivity contribution in [3.05, 3.63) is 65.5 Å². The van der Waals surface area contributed by atoms with Gasteiger partial charge in [-0.15, -0.1) is 0 Å². The standard InChI is InChI=1S/C18H21FN2O2/c1-18(20,14-6-4-3-5-7-14)17(22)21-11-10-13-8-9-16(23-2)15(19)12-13/h3-9,12H,10-11,20H2,1-2H3,(H,21,22). The molecule has 0 aliphatic carbocycles. The first-order valence-corrected chi connectivity index (χ1v) is 7.40. The molecule has 0 bridgehead atoms. The molecule has 2 aromatic carbocycles. The molecule has 0 saturated heterocycles. The van der Waals surface area contributed by atoms with Crippen molar-refractivity contribution in [1.29, 1.82) is 0 Å². The summed E-state index contributed by atoms with van der Waals surface area (Å²) in [6, 6.07) is 13.9. The van der Waals surface area contributed by atoms with Gasteiger partial charge in [-0.2, -0.15) is 0 Å². The molecule has 122 valence electrons. The Hall–Kier alpha value is -2.40. The molecule has 0 heterocycles. The number of halogens is 1. The van der Waals surface area contributed by atoms with Gasteiger partial charge in [0.2, 0.25) is 5.91 Å². The van der Waals surface area contributed by atoms with Crippen LogP contribution in [-0.2, 0) is 16.8 Å². The van der Waals surface area contributed by atoms with Crippen molar-refractivity contribution in [3.63, 3.8) is 0 Å². The van der Waals surface area contributed by atoms with E-state index in [0.29, 0.717) is 13.0 Å². The van der Waals surface area contributed by atoms with E-state index < -0.39 is 11.4 Å². The van der Waals surface area contributed by atoms with Gasteiger partial charge in [0.15, 0.2) is 11.6 Å². The van der Waals surface area contributed by atoms with E-state index in [1.165, 1.54) is 13.2 Å². The van der Waals surface area contributed by atoms with Crippen LogP contribution in [0.25, 0.3) is 0 Å². The second-order valence-electron chi connectivity index (χ2n) is 5.54. The van der Waals surface area contributed by atoms with Crippen LogP contribution in [0.15, 0.2) is 48.5 Å².